The molecule has 3 aromatic rings. The number of aliphatic imine (C=N–C) groups is 1. The average Bonchev–Trinajstić information content (AvgIpc) is 2.59. The molecule has 2 aromatic carbocycles. The van der Waals surface area contributed by atoms with E-state index >= 15 is 0 Å². The smallest absolute Gasteiger partial charge is 0.270 e. The Balaban J connectivity index is 1.98. The Morgan fingerprint density at radius 2 is 1.69 bits per heavy atom. The highest BCUT2D eigenvalue weighted by Gasteiger charge is 2.53. The third-order valence-corrected chi connectivity index (χ3v) is 4.55. The maximum Gasteiger partial charge on any atom is 0.298 e. The van der Waals surface area contributed by atoms with Crippen molar-refractivity contribution in [1.82, 2.24) is 10.2 Å². The van der Waals surface area contributed by atoms with Crippen LogP contribution < -0.4 is 0 Å². The van der Waals surface area contributed by atoms with Gasteiger partial charge in [-0.05, 0) is 44.2 Å². The van der Waals surface area contributed by atoms with E-state index in [0.717, 1.165) is 12.1 Å². The molecule has 0 bridgehead atoms. The molecule has 4 rings (SSSR count). The molecule has 0 unspecified atom stereocenters. The normalized spacial score (nSPS) is 17.7. The second kappa shape index (κ2) is 5.33. The lowest BCUT2D eigenvalue weighted by Crippen LogP contribution is -2.44. The number of rotatable bonds is 1. The molecule has 0 saturated heterocycles. The van der Waals surface area contributed by atoms with E-state index < -0.39 is 28.7 Å². The van der Waals surface area contributed by atoms with Crippen molar-refractivity contribution in [1.29, 1.82) is 0 Å². The number of halogens is 4. The van der Waals surface area contributed by atoms with Gasteiger partial charge < -0.3 is 0 Å². The van der Waals surface area contributed by atoms with Crippen LogP contribution in [0.3, 0.4) is 0 Å². The molecule has 0 fully saturated rings. The van der Waals surface area contributed by atoms with Crippen LogP contribution in [-0.2, 0) is 5.92 Å². The first kappa shape index (κ1) is 16.6. The van der Waals surface area contributed by atoms with Crippen molar-refractivity contribution in [3.8, 4) is 0 Å². The van der Waals surface area contributed by atoms with Gasteiger partial charge in [-0.3, -0.25) is 4.99 Å². The van der Waals surface area contributed by atoms with Crippen LogP contribution in [0.4, 0.5) is 17.6 Å². The quantitative estimate of drug-likeness (QED) is 0.594. The molecule has 0 aliphatic carbocycles. The van der Waals surface area contributed by atoms with Gasteiger partial charge in [0, 0.05) is 16.5 Å². The first-order valence-corrected chi connectivity index (χ1v) is 7.91. The molecular formula is C19H13F4N3. The van der Waals surface area contributed by atoms with Gasteiger partial charge in [-0.1, -0.05) is 12.1 Å². The summed E-state index contributed by atoms with van der Waals surface area (Å²) in [6, 6.07) is 9.13. The first-order valence-electron chi connectivity index (χ1n) is 7.91. The van der Waals surface area contributed by atoms with E-state index in [2.05, 4.69) is 15.2 Å². The summed E-state index contributed by atoms with van der Waals surface area (Å²) in [6.45, 7) is 2.55. The molecule has 0 N–H and O–H groups in total. The molecule has 7 heteroatoms. The average molecular weight is 359 g/mol. The predicted octanol–water partition coefficient (Wildman–Crippen LogP) is 4.63. The lowest BCUT2D eigenvalue weighted by atomic mass is 9.82. The summed E-state index contributed by atoms with van der Waals surface area (Å²) in [4.78, 5) is 4.19. The third-order valence-electron chi connectivity index (χ3n) is 4.55. The highest BCUT2D eigenvalue weighted by Crippen LogP contribution is 2.46. The molecular weight excluding hydrogens is 346 g/mol. The number of aromatic nitrogens is 2. The van der Waals surface area contributed by atoms with Crippen LogP contribution in [0, 0.1) is 11.6 Å². The lowest BCUT2D eigenvalue weighted by Gasteiger charge is -2.36. The van der Waals surface area contributed by atoms with Crippen molar-refractivity contribution in [2.75, 3.05) is 0 Å². The molecule has 1 aromatic heterocycles. The zero-order valence-corrected chi connectivity index (χ0v) is 13.9. The number of hydrogen-bond acceptors (Lipinski definition) is 3. The van der Waals surface area contributed by atoms with Crippen LogP contribution in [0.15, 0.2) is 47.5 Å². The van der Waals surface area contributed by atoms with Crippen molar-refractivity contribution in [2.24, 2.45) is 4.99 Å². The van der Waals surface area contributed by atoms with Crippen LogP contribution in [0.2, 0.25) is 0 Å². The van der Waals surface area contributed by atoms with E-state index in [0.29, 0.717) is 5.39 Å². The van der Waals surface area contributed by atoms with Gasteiger partial charge in [0.05, 0.1) is 5.71 Å². The van der Waals surface area contributed by atoms with Gasteiger partial charge in [0.25, 0.3) is 5.92 Å². The highest BCUT2D eigenvalue weighted by atomic mass is 19.3. The molecule has 0 spiro atoms. The Morgan fingerprint density at radius 3 is 2.46 bits per heavy atom. The molecule has 132 valence electrons. The second-order valence-corrected chi connectivity index (χ2v) is 6.69. The van der Waals surface area contributed by atoms with Crippen LogP contribution in [-0.4, -0.2) is 21.4 Å². The summed E-state index contributed by atoms with van der Waals surface area (Å²) in [5, 5.41) is 8.30. The SMILES string of the molecule is CC1(C)N=C(c2cc3cccc(F)c3nn2)c2ccc(F)cc2C1(F)F. The van der Waals surface area contributed by atoms with Gasteiger partial charge >= 0.3 is 0 Å². The largest absolute Gasteiger partial charge is 0.298 e. The molecule has 1 aliphatic heterocycles. The fourth-order valence-electron chi connectivity index (χ4n) is 3.07. The summed E-state index contributed by atoms with van der Waals surface area (Å²) in [6.07, 6.45) is 0. The van der Waals surface area contributed by atoms with Gasteiger partial charge in [0.15, 0.2) is 5.82 Å². The Morgan fingerprint density at radius 1 is 0.923 bits per heavy atom. The minimum Gasteiger partial charge on any atom is -0.270 e. The minimum atomic E-state index is -3.36. The number of benzene rings is 2. The van der Waals surface area contributed by atoms with Gasteiger partial charge in [-0.25, -0.2) is 8.78 Å². The first-order chi connectivity index (χ1) is 12.2. The van der Waals surface area contributed by atoms with Crippen LogP contribution in [0.5, 0.6) is 0 Å². The monoisotopic (exact) mass is 359 g/mol. The molecule has 0 amide bonds. The van der Waals surface area contributed by atoms with Gasteiger partial charge in [-0.15, -0.1) is 10.2 Å². The molecule has 0 radical (unpaired) electrons. The number of alkyl halides is 2. The van der Waals surface area contributed by atoms with Crippen molar-refractivity contribution in [3.63, 3.8) is 0 Å². The summed E-state index contributed by atoms with van der Waals surface area (Å²) in [5.41, 5.74) is -1.69. The number of nitrogens with zero attached hydrogens (tertiary/aromatic N) is 3. The van der Waals surface area contributed by atoms with E-state index in [1.54, 1.807) is 6.07 Å². The van der Waals surface area contributed by atoms with Crippen LogP contribution >= 0.6 is 0 Å². The summed E-state index contributed by atoms with van der Waals surface area (Å²) < 4.78 is 57.0. The van der Waals surface area contributed by atoms with Crippen molar-refractivity contribution in [2.45, 2.75) is 25.3 Å². The van der Waals surface area contributed by atoms with E-state index in [1.165, 1.54) is 38.1 Å². The zero-order valence-electron chi connectivity index (χ0n) is 13.9. The maximum absolute atomic E-state index is 14.8. The van der Waals surface area contributed by atoms with E-state index in [9.17, 15) is 17.6 Å². The van der Waals surface area contributed by atoms with E-state index in [4.69, 9.17) is 0 Å². The number of fused-ring (bicyclic) bond motifs is 2. The summed E-state index contributed by atoms with van der Waals surface area (Å²) in [7, 11) is 0. The second-order valence-electron chi connectivity index (χ2n) is 6.69. The standard InChI is InChI=1S/C19H13F4N3/c1-18(2)19(22,23)13-9-11(20)6-7-12(13)17(24-18)15-8-10-4-3-5-14(21)16(10)26-25-15/h3-9H,1-2H3. The van der Waals surface area contributed by atoms with Crippen molar-refractivity contribution >= 4 is 16.6 Å². The minimum absolute atomic E-state index is 0.0802. The van der Waals surface area contributed by atoms with Crippen molar-refractivity contribution in [3.05, 3.63) is 70.9 Å². The van der Waals surface area contributed by atoms with Gasteiger partial charge in [0.1, 0.15) is 22.6 Å². The third kappa shape index (κ3) is 2.30. The molecule has 1 aliphatic rings. The molecule has 0 atom stereocenters. The van der Waals surface area contributed by atoms with Crippen LogP contribution in [0.25, 0.3) is 10.9 Å². The Hall–Kier alpha value is -2.83. The van der Waals surface area contributed by atoms with Crippen molar-refractivity contribution < 1.29 is 17.6 Å². The van der Waals surface area contributed by atoms with E-state index in [1.807, 2.05) is 0 Å². The molecule has 2 heterocycles. The summed E-state index contributed by atoms with van der Waals surface area (Å²) >= 11 is 0. The number of hydrogen-bond donors (Lipinski definition) is 0. The van der Waals surface area contributed by atoms with Crippen LogP contribution in [0.1, 0.15) is 30.7 Å². The molecule has 0 saturated carbocycles. The summed E-state index contributed by atoms with van der Waals surface area (Å²) in [5.74, 6) is -4.64. The maximum atomic E-state index is 14.8. The van der Waals surface area contributed by atoms with Gasteiger partial charge in [0.2, 0.25) is 0 Å². The fourth-order valence-corrected chi connectivity index (χ4v) is 3.07. The molecule has 3 nitrogen and oxygen atoms in total. The zero-order chi connectivity index (χ0) is 18.7. The topological polar surface area (TPSA) is 38.1 Å². The Labute approximate surface area is 146 Å². The lowest BCUT2D eigenvalue weighted by molar-refractivity contribution is -0.0684. The molecule has 26 heavy (non-hydrogen) atoms. The predicted molar refractivity (Wildman–Crippen MR) is 89.5 cm³/mol. The Bertz CT molecular complexity index is 1070. The highest BCUT2D eigenvalue weighted by molar-refractivity contribution is 6.14. The van der Waals surface area contributed by atoms with Gasteiger partial charge in [-0.2, -0.15) is 8.78 Å². The fraction of sp³-hybridized carbons (Fsp3) is 0.211. The van der Waals surface area contributed by atoms with E-state index in [-0.39, 0.29) is 22.5 Å². The Kier molecular flexibility index (Phi) is 3.41.